The lowest BCUT2D eigenvalue weighted by atomic mass is 9.84. The third-order valence-corrected chi connectivity index (χ3v) is 6.00. The number of benzene rings is 1. The standard InChI is InChI=1S/C22H27FN4O2S/c1-11(2)14-7-13(9-24)19(23)18(12(3)4)15(14)8-17(28)27-20(25)21-26-10-16(30-21)22(5,6)29/h7,10-12,29H,8H2,1-6H3,(H2,25,27,28). The zero-order chi connectivity index (χ0) is 22.8. The topological polar surface area (TPSA) is 112 Å². The highest BCUT2D eigenvalue weighted by Gasteiger charge is 2.24. The van der Waals surface area contributed by atoms with Gasteiger partial charge in [-0.1, -0.05) is 27.7 Å². The summed E-state index contributed by atoms with van der Waals surface area (Å²) in [7, 11) is 0. The summed E-state index contributed by atoms with van der Waals surface area (Å²) in [6, 6.07) is 3.41. The lowest BCUT2D eigenvalue weighted by molar-refractivity contribution is -0.117. The van der Waals surface area contributed by atoms with E-state index in [1.165, 1.54) is 12.3 Å². The Labute approximate surface area is 180 Å². The molecule has 8 heteroatoms. The van der Waals surface area contributed by atoms with Crippen molar-refractivity contribution in [2.45, 2.75) is 65.4 Å². The SMILES string of the molecule is CC(C)c1cc(C#N)c(F)c(C(C)C)c1CC(=O)/N=C(/N)c1ncc(C(C)(C)O)s1. The lowest BCUT2D eigenvalue weighted by Gasteiger charge is -2.20. The highest BCUT2D eigenvalue weighted by Crippen LogP contribution is 2.33. The minimum absolute atomic E-state index is 0.00682. The number of halogens is 1. The van der Waals surface area contributed by atoms with Gasteiger partial charge in [0, 0.05) is 6.20 Å². The number of hydrogen-bond donors (Lipinski definition) is 2. The summed E-state index contributed by atoms with van der Waals surface area (Å²) in [4.78, 5) is 21.4. The summed E-state index contributed by atoms with van der Waals surface area (Å²) in [5.74, 6) is -1.39. The maximum absolute atomic E-state index is 14.9. The van der Waals surface area contributed by atoms with Crippen LogP contribution in [0.4, 0.5) is 4.39 Å². The van der Waals surface area contributed by atoms with Crippen LogP contribution in [0.25, 0.3) is 0 Å². The first-order valence-electron chi connectivity index (χ1n) is 9.68. The summed E-state index contributed by atoms with van der Waals surface area (Å²) >= 11 is 1.15. The fraction of sp³-hybridized carbons (Fsp3) is 0.455. The van der Waals surface area contributed by atoms with Crippen LogP contribution in [-0.4, -0.2) is 21.8 Å². The Kier molecular flexibility index (Phi) is 7.11. The van der Waals surface area contributed by atoms with Crippen LogP contribution in [0, 0.1) is 17.1 Å². The van der Waals surface area contributed by atoms with Crippen molar-refractivity contribution in [3.05, 3.63) is 50.2 Å². The molecular formula is C22H27FN4O2S. The van der Waals surface area contributed by atoms with Gasteiger partial charge in [0.05, 0.1) is 22.5 Å². The van der Waals surface area contributed by atoms with Crippen molar-refractivity contribution >= 4 is 23.1 Å². The molecule has 1 aromatic carbocycles. The minimum atomic E-state index is -1.07. The smallest absolute Gasteiger partial charge is 0.252 e. The Morgan fingerprint density at radius 3 is 2.47 bits per heavy atom. The van der Waals surface area contributed by atoms with Crippen LogP contribution in [-0.2, 0) is 16.8 Å². The van der Waals surface area contributed by atoms with Crippen molar-refractivity contribution in [1.82, 2.24) is 4.98 Å². The number of aliphatic hydroxyl groups is 1. The molecule has 3 N–H and O–H groups in total. The number of thiazole rings is 1. The van der Waals surface area contributed by atoms with Gasteiger partial charge in [0.15, 0.2) is 10.8 Å². The number of amidine groups is 1. The summed E-state index contributed by atoms with van der Waals surface area (Å²) in [6.07, 6.45) is 1.37. The van der Waals surface area contributed by atoms with Gasteiger partial charge in [-0.25, -0.2) is 9.37 Å². The number of nitrogens with zero attached hydrogens (tertiary/aromatic N) is 3. The fourth-order valence-electron chi connectivity index (χ4n) is 3.18. The molecule has 6 nitrogen and oxygen atoms in total. The van der Waals surface area contributed by atoms with Crippen molar-refractivity contribution < 1.29 is 14.3 Å². The molecule has 2 aromatic rings. The summed E-state index contributed by atoms with van der Waals surface area (Å²) < 4.78 is 14.9. The third-order valence-electron chi connectivity index (χ3n) is 4.67. The van der Waals surface area contributed by atoms with Crippen molar-refractivity contribution in [3.8, 4) is 6.07 Å². The molecule has 1 heterocycles. The Balaban J connectivity index is 2.45. The predicted octanol–water partition coefficient (Wildman–Crippen LogP) is 4.10. The number of nitriles is 1. The predicted molar refractivity (Wildman–Crippen MR) is 116 cm³/mol. The van der Waals surface area contributed by atoms with Gasteiger partial charge in [0.25, 0.3) is 5.91 Å². The van der Waals surface area contributed by atoms with Crippen molar-refractivity contribution in [3.63, 3.8) is 0 Å². The molecule has 1 amide bonds. The second kappa shape index (κ2) is 9.02. The number of carbonyl (C=O) groups excluding carboxylic acids is 1. The second-order valence-corrected chi connectivity index (χ2v) is 9.33. The summed E-state index contributed by atoms with van der Waals surface area (Å²) in [5, 5.41) is 19.7. The number of hydrogen-bond acceptors (Lipinski definition) is 5. The monoisotopic (exact) mass is 430 g/mol. The number of amides is 1. The lowest BCUT2D eigenvalue weighted by Crippen LogP contribution is -2.18. The van der Waals surface area contributed by atoms with Gasteiger partial charge in [-0.05, 0) is 48.4 Å². The Morgan fingerprint density at radius 1 is 1.37 bits per heavy atom. The number of aromatic nitrogens is 1. The quantitative estimate of drug-likeness (QED) is 0.529. The van der Waals surface area contributed by atoms with E-state index in [0.717, 1.165) is 16.9 Å². The maximum Gasteiger partial charge on any atom is 0.252 e. The van der Waals surface area contributed by atoms with Crippen LogP contribution in [0.3, 0.4) is 0 Å². The molecule has 0 atom stereocenters. The molecule has 0 unspecified atom stereocenters. The number of aliphatic imine (C=N–C) groups is 1. The third kappa shape index (κ3) is 5.10. The molecule has 0 fully saturated rings. The first-order chi connectivity index (χ1) is 13.9. The Hall–Kier alpha value is -2.63. The average molecular weight is 431 g/mol. The van der Waals surface area contributed by atoms with Crippen LogP contribution in [0.15, 0.2) is 17.3 Å². The van der Waals surface area contributed by atoms with Gasteiger partial charge in [0.2, 0.25) is 0 Å². The summed E-state index contributed by atoms with van der Waals surface area (Å²) in [5.41, 5.74) is 6.52. The van der Waals surface area contributed by atoms with Gasteiger partial charge >= 0.3 is 0 Å². The van der Waals surface area contributed by atoms with E-state index in [4.69, 9.17) is 5.73 Å². The average Bonchev–Trinajstić information content (AvgIpc) is 3.11. The van der Waals surface area contributed by atoms with Crippen LogP contribution in [0.1, 0.15) is 85.5 Å². The molecule has 0 saturated heterocycles. The molecule has 0 saturated carbocycles. The van der Waals surface area contributed by atoms with Crippen LogP contribution < -0.4 is 5.73 Å². The Bertz CT molecular complexity index is 1030. The van der Waals surface area contributed by atoms with E-state index in [9.17, 15) is 19.6 Å². The van der Waals surface area contributed by atoms with Crippen molar-refractivity contribution in [2.75, 3.05) is 0 Å². The first kappa shape index (κ1) is 23.6. The van der Waals surface area contributed by atoms with E-state index in [1.807, 2.05) is 33.8 Å². The van der Waals surface area contributed by atoms with E-state index in [1.54, 1.807) is 13.8 Å². The molecule has 0 aliphatic carbocycles. The zero-order valence-corrected chi connectivity index (χ0v) is 18.9. The van der Waals surface area contributed by atoms with Crippen LogP contribution in [0.5, 0.6) is 0 Å². The van der Waals surface area contributed by atoms with E-state index in [2.05, 4.69) is 9.98 Å². The number of rotatable bonds is 6. The molecular weight excluding hydrogens is 403 g/mol. The van der Waals surface area contributed by atoms with E-state index < -0.39 is 17.3 Å². The van der Waals surface area contributed by atoms with Crippen molar-refractivity contribution in [1.29, 1.82) is 5.26 Å². The van der Waals surface area contributed by atoms with E-state index >= 15 is 0 Å². The molecule has 0 radical (unpaired) electrons. The van der Waals surface area contributed by atoms with E-state index in [-0.39, 0.29) is 29.7 Å². The largest absolute Gasteiger partial charge is 0.385 e. The number of nitrogens with two attached hydrogens (primary N) is 1. The van der Waals surface area contributed by atoms with E-state index in [0.29, 0.717) is 21.0 Å². The maximum atomic E-state index is 14.9. The molecule has 160 valence electrons. The van der Waals surface area contributed by atoms with Crippen molar-refractivity contribution in [2.24, 2.45) is 10.7 Å². The highest BCUT2D eigenvalue weighted by molar-refractivity contribution is 7.13. The molecule has 0 aliphatic rings. The molecule has 30 heavy (non-hydrogen) atoms. The van der Waals surface area contributed by atoms with Gasteiger partial charge in [-0.2, -0.15) is 10.3 Å². The normalized spacial score (nSPS) is 12.5. The molecule has 0 bridgehead atoms. The van der Waals surface area contributed by atoms with Crippen LogP contribution in [0.2, 0.25) is 0 Å². The molecule has 0 spiro atoms. The van der Waals surface area contributed by atoms with Crippen LogP contribution >= 0.6 is 11.3 Å². The number of carbonyl (C=O) groups is 1. The van der Waals surface area contributed by atoms with Gasteiger partial charge in [-0.3, -0.25) is 4.79 Å². The second-order valence-electron chi connectivity index (χ2n) is 8.30. The summed E-state index contributed by atoms with van der Waals surface area (Å²) in [6.45, 7) is 10.8. The van der Waals surface area contributed by atoms with Gasteiger partial charge in [0.1, 0.15) is 11.9 Å². The van der Waals surface area contributed by atoms with Gasteiger partial charge in [-0.15, -0.1) is 11.3 Å². The first-order valence-corrected chi connectivity index (χ1v) is 10.5. The molecule has 0 aliphatic heterocycles. The minimum Gasteiger partial charge on any atom is -0.385 e. The van der Waals surface area contributed by atoms with Gasteiger partial charge < -0.3 is 10.8 Å². The molecule has 1 aromatic heterocycles. The zero-order valence-electron chi connectivity index (χ0n) is 18.1. The Morgan fingerprint density at radius 2 is 2.00 bits per heavy atom. The fourth-order valence-corrected chi connectivity index (χ4v) is 4.00. The molecule has 2 rings (SSSR count). The highest BCUT2D eigenvalue weighted by atomic mass is 32.1.